The fourth-order valence-corrected chi connectivity index (χ4v) is 2.99. The van der Waals surface area contributed by atoms with Gasteiger partial charge in [0.2, 0.25) is 0 Å². The summed E-state index contributed by atoms with van der Waals surface area (Å²) in [6, 6.07) is 8.21. The van der Waals surface area contributed by atoms with Crippen LogP contribution in [0.25, 0.3) is 10.8 Å². The van der Waals surface area contributed by atoms with E-state index in [-0.39, 0.29) is 18.4 Å². The summed E-state index contributed by atoms with van der Waals surface area (Å²) in [5.41, 5.74) is 0.941. The Labute approximate surface area is 128 Å². The van der Waals surface area contributed by atoms with Crippen LogP contribution in [0.1, 0.15) is 34.1 Å². The second-order valence-electron chi connectivity index (χ2n) is 5.27. The van der Waals surface area contributed by atoms with Crippen LogP contribution in [0, 0.1) is 0 Å². The molecule has 5 nitrogen and oxygen atoms in total. The highest BCUT2D eigenvalue weighted by Gasteiger charge is 2.36. The monoisotopic (exact) mass is 299 g/mol. The first-order chi connectivity index (χ1) is 10.6. The van der Waals surface area contributed by atoms with Gasteiger partial charge in [0.15, 0.2) is 0 Å². The van der Waals surface area contributed by atoms with Crippen molar-refractivity contribution in [2.45, 2.75) is 19.4 Å². The number of rotatable bonds is 4. The van der Waals surface area contributed by atoms with E-state index in [1.54, 1.807) is 31.4 Å². The number of hydrogen-bond donors (Lipinski definition) is 1. The van der Waals surface area contributed by atoms with Crippen molar-refractivity contribution in [1.29, 1.82) is 0 Å². The summed E-state index contributed by atoms with van der Waals surface area (Å²) in [4.78, 5) is 26.6. The number of benzene rings is 2. The van der Waals surface area contributed by atoms with Gasteiger partial charge in [0, 0.05) is 21.9 Å². The summed E-state index contributed by atoms with van der Waals surface area (Å²) in [6.45, 7) is 1.60. The Bertz CT molecular complexity index is 742. The van der Waals surface area contributed by atoms with Crippen molar-refractivity contribution >= 4 is 22.6 Å². The third-order valence-corrected chi connectivity index (χ3v) is 4.17. The van der Waals surface area contributed by atoms with Gasteiger partial charge in [0.1, 0.15) is 5.75 Å². The van der Waals surface area contributed by atoms with Crippen molar-refractivity contribution < 1.29 is 19.4 Å². The van der Waals surface area contributed by atoms with Crippen LogP contribution in [0.2, 0.25) is 0 Å². The van der Waals surface area contributed by atoms with E-state index in [4.69, 9.17) is 4.74 Å². The summed E-state index contributed by atoms with van der Waals surface area (Å²) in [6.07, 6.45) is 0.509. The van der Waals surface area contributed by atoms with Crippen LogP contribution in [0.3, 0.4) is 0 Å². The maximum atomic E-state index is 12.7. The Morgan fingerprint density at radius 1 is 1.14 bits per heavy atom. The van der Waals surface area contributed by atoms with Gasteiger partial charge in [0.25, 0.3) is 11.8 Å². The fraction of sp³-hybridized carbons (Fsp3) is 0.294. The minimum absolute atomic E-state index is 0.241. The third-order valence-electron chi connectivity index (χ3n) is 4.17. The van der Waals surface area contributed by atoms with Crippen LogP contribution in [0.15, 0.2) is 30.3 Å². The smallest absolute Gasteiger partial charge is 0.261 e. The van der Waals surface area contributed by atoms with Crippen LogP contribution in [-0.4, -0.2) is 41.6 Å². The largest absolute Gasteiger partial charge is 0.496 e. The number of methoxy groups -OCH3 is 1. The summed E-state index contributed by atoms with van der Waals surface area (Å²) in [7, 11) is 1.56. The van der Waals surface area contributed by atoms with Crippen molar-refractivity contribution in [2.75, 3.05) is 13.7 Å². The molecule has 0 bridgehead atoms. The molecule has 5 heteroatoms. The van der Waals surface area contributed by atoms with Gasteiger partial charge in [-0.05, 0) is 24.6 Å². The van der Waals surface area contributed by atoms with Gasteiger partial charge in [-0.1, -0.05) is 19.1 Å². The summed E-state index contributed by atoms with van der Waals surface area (Å²) in [5.74, 6) is -0.0987. The normalized spacial score (nSPS) is 15.3. The maximum Gasteiger partial charge on any atom is 0.261 e. The molecule has 0 fully saturated rings. The van der Waals surface area contributed by atoms with Crippen LogP contribution >= 0.6 is 0 Å². The molecule has 1 aliphatic rings. The van der Waals surface area contributed by atoms with E-state index in [0.717, 1.165) is 5.39 Å². The van der Waals surface area contributed by atoms with E-state index < -0.39 is 6.04 Å². The van der Waals surface area contributed by atoms with Crippen molar-refractivity contribution in [2.24, 2.45) is 0 Å². The average Bonchev–Trinajstić information content (AvgIpc) is 2.55. The zero-order chi connectivity index (χ0) is 15.9. The molecule has 0 radical (unpaired) electrons. The van der Waals surface area contributed by atoms with E-state index >= 15 is 0 Å². The van der Waals surface area contributed by atoms with Crippen molar-refractivity contribution in [1.82, 2.24) is 4.90 Å². The molecule has 1 heterocycles. The molecule has 1 N–H and O–H groups in total. The number of carbonyl (C=O) groups is 2. The molecule has 0 aromatic heterocycles. The molecule has 1 aliphatic heterocycles. The number of nitrogens with zero attached hydrogens (tertiary/aromatic N) is 1. The zero-order valence-electron chi connectivity index (χ0n) is 12.5. The molecule has 1 unspecified atom stereocenters. The third kappa shape index (κ3) is 1.89. The molecule has 2 amide bonds. The summed E-state index contributed by atoms with van der Waals surface area (Å²) >= 11 is 0. The van der Waals surface area contributed by atoms with E-state index in [9.17, 15) is 14.7 Å². The quantitative estimate of drug-likeness (QED) is 0.879. The number of hydrogen-bond acceptors (Lipinski definition) is 4. The zero-order valence-corrected chi connectivity index (χ0v) is 12.5. The molecule has 114 valence electrons. The van der Waals surface area contributed by atoms with Gasteiger partial charge >= 0.3 is 0 Å². The average molecular weight is 299 g/mol. The van der Waals surface area contributed by atoms with Crippen LogP contribution in [0.4, 0.5) is 0 Å². The SMILES string of the molecule is CCC(CO)N1C(=O)c2cccc3c(OC)ccc(c23)C1=O. The second kappa shape index (κ2) is 5.42. The van der Waals surface area contributed by atoms with Gasteiger partial charge in [0.05, 0.1) is 19.8 Å². The second-order valence-corrected chi connectivity index (χ2v) is 5.27. The van der Waals surface area contributed by atoms with E-state index in [1.807, 2.05) is 13.0 Å². The standard InChI is InChI=1S/C17H17NO4/c1-3-10(9-19)18-16(20)12-6-4-5-11-14(22-2)8-7-13(15(11)12)17(18)21/h4-8,10,19H,3,9H2,1-2H3. The lowest BCUT2D eigenvalue weighted by molar-refractivity contribution is 0.0466. The number of amides is 2. The predicted octanol–water partition coefficient (Wildman–Crippen LogP) is 2.22. The maximum absolute atomic E-state index is 12.7. The molecule has 2 aromatic carbocycles. The van der Waals surface area contributed by atoms with Crippen molar-refractivity contribution in [3.8, 4) is 5.75 Å². The van der Waals surface area contributed by atoms with E-state index in [1.165, 1.54) is 4.90 Å². The highest BCUT2D eigenvalue weighted by atomic mass is 16.5. The Morgan fingerprint density at radius 2 is 1.82 bits per heavy atom. The summed E-state index contributed by atoms with van der Waals surface area (Å²) < 4.78 is 5.32. The Balaban J connectivity index is 2.28. The van der Waals surface area contributed by atoms with Gasteiger partial charge in [-0.15, -0.1) is 0 Å². The molecular weight excluding hydrogens is 282 g/mol. The molecule has 1 atom stereocenters. The molecule has 0 saturated heterocycles. The Morgan fingerprint density at radius 3 is 2.41 bits per heavy atom. The minimum Gasteiger partial charge on any atom is -0.496 e. The van der Waals surface area contributed by atoms with E-state index in [0.29, 0.717) is 28.7 Å². The first-order valence-electron chi connectivity index (χ1n) is 7.22. The van der Waals surface area contributed by atoms with Gasteiger partial charge in [-0.2, -0.15) is 0 Å². The number of carbonyl (C=O) groups excluding carboxylic acids is 2. The van der Waals surface area contributed by atoms with Gasteiger partial charge in [-0.3, -0.25) is 14.5 Å². The minimum atomic E-state index is -0.509. The highest BCUT2D eigenvalue weighted by Crippen LogP contribution is 2.36. The van der Waals surface area contributed by atoms with Gasteiger partial charge in [-0.25, -0.2) is 0 Å². The van der Waals surface area contributed by atoms with E-state index in [2.05, 4.69) is 0 Å². The predicted molar refractivity (Wildman–Crippen MR) is 82.2 cm³/mol. The van der Waals surface area contributed by atoms with Gasteiger partial charge < -0.3 is 9.84 Å². The highest BCUT2D eigenvalue weighted by molar-refractivity contribution is 6.26. The molecule has 3 rings (SSSR count). The van der Waals surface area contributed by atoms with Crippen LogP contribution in [-0.2, 0) is 0 Å². The Kier molecular flexibility index (Phi) is 3.58. The molecule has 0 spiro atoms. The molecule has 0 aliphatic carbocycles. The fourth-order valence-electron chi connectivity index (χ4n) is 2.99. The lowest BCUT2D eigenvalue weighted by Gasteiger charge is -2.32. The molecule has 22 heavy (non-hydrogen) atoms. The molecule has 0 saturated carbocycles. The van der Waals surface area contributed by atoms with Crippen LogP contribution < -0.4 is 4.74 Å². The topological polar surface area (TPSA) is 66.8 Å². The number of aliphatic hydroxyl groups is 1. The molecule has 2 aromatic rings. The Hall–Kier alpha value is -2.40. The lowest BCUT2D eigenvalue weighted by atomic mass is 9.92. The van der Waals surface area contributed by atoms with Crippen molar-refractivity contribution in [3.63, 3.8) is 0 Å². The van der Waals surface area contributed by atoms with Crippen LogP contribution in [0.5, 0.6) is 5.75 Å². The molecular formula is C17H17NO4. The first kappa shape index (κ1) is 14.5. The lowest BCUT2D eigenvalue weighted by Crippen LogP contribution is -2.48. The number of imide groups is 1. The summed E-state index contributed by atoms with van der Waals surface area (Å²) in [5, 5.41) is 10.8. The number of aliphatic hydroxyl groups excluding tert-OH is 1. The first-order valence-corrected chi connectivity index (χ1v) is 7.22. The van der Waals surface area contributed by atoms with Crippen molar-refractivity contribution in [3.05, 3.63) is 41.5 Å². The number of ether oxygens (including phenoxy) is 1.